The number of methoxy groups -OCH3 is 1. The number of nitrogens with one attached hydrogen (secondary N) is 1. The van der Waals surface area contributed by atoms with Crippen LogP contribution in [0.5, 0.6) is 0 Å². The lowest BCUT2D eigenvalue weighted by Crippen LogP contribution is -2.88. The van der Waals surface area contributed by atoms with Gasteiger partial charge in [0, 0.05) is 18.0 Å². The second kappa shape index (κ2) is 9.83. The van der Waals surface area contributed by atoms with E-state index in [2.05, 4.69) is 23.9 Å². The van der Waals surface area contributed by atoms with Crippen LogP contribution in [0.25, 0.3) is 0 Å². The van der Waals surface area contributed by atoms with Crippen LogP contribution < -0.4 is 10.6 Å². The summed E-state index contributed by atoms with van der Waals surface area (Å²) in [6.45, 7) is 4.81. The molecule has 0 unspecified atom stereocenters. The summed E-state index contributed by atoms with van der Waals surface area (Å²) in [4.78, 5) is 23.6. The third-order valence-electron chi connectivity index (χ3n) is 4.40. The van der Waals surface area contributed by atoms with Crippen LogP contribution in [-0.2, 0) is 16.1 Å². The Hall–Kier alpha value is -2.73. The normalized spacial score (nSPS) is 11.9. The average Bonchev–Trinajstić information content (AvgIpc) is 2.67. The van der Waals surface area contributed by atoms with Gasteiger partial charge in [0.15, 0.2) is 6.54 Å². The maximum atomic E-state index is 13.1. The molecule has 27 heavy (non-hydrogen) atoms. The number of hydrogen-bond acceptors (Lipinski definition) is 3. The topological polar surface area (TPSA) is 72.0 Å². The molecule has 0 radical (unpaired) electrons. The van der Waals surface area contributed by atoms with Gasteiger partial charge in [-0.15, -0.1) is 0 Å². The molecule has 5 nitrogen and oxygen atoms in total. The van der Waals surface area contributed by atoms with E-state index in [9.17, 15) is 14.0 Å². The van der Waals surface area contributed by atoms with Gasteiger partial charge < -0.3 is 15.4 Å². The molecule has 0 saturated heterocycles. The van der Waals surface area contributed by atoms with E-state index in [4.69, 9.17) is 0 Å². The van der Waals surface area contributed by atoms with Gasteiger partial charge in [0.25, 0.3) is 5.91 Å². The number of carbonyl (C=O) groups excluding carboxylic acids is 2. The number of esters is 1. The SMILES string of the molecule is COC(=O)c1ccc(CNC(=O)C[NH2+][C@@H](c2ccc(F)cc2)C(C)C)cc1. The van der Waals surface area contributed by atoms with Crippen molar-refractivity contribution in [2.45, 2.75) is 26.4 Å². The first-order chi connectivity index (χ1) is 12.9. The van der Waals surface area contributed by atoms with Crippen molar-refractivity contribution in [3.63, 3.8) is 0 Å². The first kappa shape index (κ1) is 20.6. The molecule has 0 spiro atoms. The molecule has 6 heteroatoms. The fraction of sp³-hybridized carbons (Fsp3) is 0.333. The molecule has 0 heterocycles. The molecule has 1 atom stereocenters. The van der Waals surface area contributed by atoms with E-state index in [0.717, 1.165) is 11.1 Å². The zero-order valence-electron chi connectivity index (χ0n) is 15.9. The Bertz CT molecular complexity index is 758. The van der Waals surface area contributed by atoms with Gasteiger partial charge in [-0.2, -0.15) is 0 Å². The maximum absolute atomic E-state index is 13.1. The molecule has 3 N–H and O–H groups in total. The molecule has 2 aromatic rings. The molecule has 2 rings (SSSR count). The minimum absolute atomic E-state index is 0.0793. The molecule has 0 bridgehead atoms. The molecule has 0 saturated carbocycles. The van der Waals surface area contributed by atoms with Crippen LogP contribution in [0.1, 0.15) is 41.4 Å². The molecular weight excluding hydrogens is 347 g/mol. The lowest BCUT2D eigenvalue weighted by molar-refractivity contribution is -0.692. The summed E-state index contributed by atoms with van der Waals surface area (Å²) in [6.07, 6.45) is 0. The van der Waals surface area contributed by atoms with Crippen LogP contribution in [0.2, 0.25) is 0 Å². The number of rotatable bonds is 8. The van der Waals surface area contributed by atoms with Crippen molar-refractivity contribution in [1.82, 2.24) is 5.32 Å². The summed E-state index contributed by atoms with van der Waals surface area (Å²) < 4.78 is 17.8. The summed E-state index contributed by atoms with van der Waals surface area (Å²) >= 11 is 0. The molecule has 1 amide bonds. The van der Waals surface area contributed by atoms with Crippen LogP contribution in [0.4, 0.5) is 4.39 Å². The largest absolute Gasteiger partial charge is 0.465 e. The number of benzene rings is 2. The highest BCUT2D eigenvalue weighted by Crippen LogP contribution is 2.17. The third-order valence-corrected chi connectivity index (χ3v) is 4.40. The summed E-state index contributed by atoms with van der Waals surface area (Å²) in [5, 5.41) is 4.84. The molecular formula is C21H26FN2O3+. The lowest BCUT2D eigenvalue weighted by atomic mass is 9.96. The van der Waals surface area contributed by atoms with Crippen LogP contribution in [0.15, 0.2) is 48.5 Å². The highest BCUT2D eigenvalue weighted by atomic mass is 19.1. The predicted octanol–water partition coefficient (Wildman–Crippen LogP) is 2.19. The van der Waals surface area contributed by atoms with Crippen molar-refractivity contribution in [3.05, 3.63) is 71.0 Å². The Balaban J connectivity index is 1.85. The molecule has 0 aliphatic carbocycles. The Morgan fingerprint density at radius 3 is 2.26 bits per heavy atom. The van der Waals surface area contributed by atoms with E-state index < -0.39 is 0 Å². The minimum atomic E-state index is -0.388. The van der Waals surface area contributed by atoms with Gasteiger partial charge in [-0.05, 0) is 29.8 Å². The van der Waals surface area contributed by atoms with E-state index in [1.165, 1.54) is 19.2 Å². The minimum Gasteiger partial charge on any atom is -0.465 e. The smallest absolute Gasteiger partial charge is 0.337 e. The highest BCUT2D eigenvalue weighted by molar-refractivity contribution is 5.89. The number of ether oxygens (including phenoxy) is 1. The fourth-order valence-electron chi connectivity index (χ4n) is 2.86. The van der Waals surface area contributed by atoms with Crippen molar-refractivity contribution in [2.24, 2.45) is 5.92 Å². The number of amides is 1. The van der Waals surface area contributed by atoms with E-state index in [0.29, 0.717) is 18.0 Å². The van der Waals surface area contributed by atoms with Crippen molar-refractivity contribution in [1.29, 1.82) is 0 Å². The van der Waals surface area contributed by atoms with Gasteiger partial charge in [-0.3, -0.25) is 4.79 Å². The van der Waals surface area contributed by atoms with Gasteiger partial charge in [-0.25, -0.2) is 9.18 Å². The standard InChI is InChI=1S/C21H25FN2O3/c1-14(2)20(16-8-10-18(22)11-9-16)24-13-19(25)23-12-15-4-6-17(7-5-15)21(26)27-3/h4-11,14,20,24H,12-13H2,1-3H3,(H,23,25)/p+1/t20-/m1/s1. The molecule has 2 aromatic carbocycles. The Morgan fingerprint density at radius 1 is 1.07 bits per heavy atom. The maximum Gasteiger partial charge on any atom is 0.337 e. The average molecular weight is 373 g/mol. The molecule has 0 aliphatic heterocycles. The Labute approximate surface area is 158 Å². The van der Waals surface area contributed by atoms with Gasteiger partial charge in [0.05, 0.1) is 12.7 Å². The van der Waals surface area contributed by atoms with Gasteiger partial charge >= 0.3 is 5.97 Å². The Morgan fingerprint density at radius 2 is 1.70 bits per heavy atom. The van der Waals surface area contributed by atoms with Crippen molar-refractivity contribution < 1.29 is 24.0 Å². The van der Waals surface area contributed by atoms with Crippen LogP contribution in [0, 0.1) is 11.7 Å². The van der Waals surface area contributed by atoms with Gasteiger partial charge in [0.1, 0.15) is 11.9 Å². The predicted molar refractivity (Wildman–Crippen MR) is 100 cm³/mol. The molecule has 0 aliphatic rings. The van der Waals surface area contributed by atoms with Crippen LogP contribution in [0.3, 0.4) is 0 Å². The number of halogens is 1. The second-order valence-corrected chi connectivity index (χ2v) is 6.73. The zero-order chi connectivity index (χ0) is 19.8. The molecule has 144 valence electrons. The summed E-state index contributed by atoms with van der Waals surface area (Å²) in [5.74, 6) is -0.438. The number of carbonyl (C=O) groups is 2. The van der Waals surface area contributed by atoms with E-state index in [-0.39, 0.29) is 30.3 Å². The monoisotopic (exact) mass is 373 g/mol. The number of nitrogens with two attached hydrogens (primary N) is 1. The Kier molecular flexibility index (Phi) is 7.49. The van der Waals surface area contributed by atoms with Crippen molar-refractivity contribution in [2.75, 3.05) is 13.7 Å². The van der Waals surface area contributed by atoms with E-state index >= 15 is 0 Å². The summed E-state index contributed by atoms with van der Waals surface area (Å²) in [5.41, 5.74) is 2.37. The van der Waals surface area contributed by atoms with Gasteiger partial charge in [-0.1, -0.05) is 38.1 Å². The van der Waals surface area contributed by atoms with Crippen LogP contribution in [-0.4, -0.2) is 25.5 Å². The highest BCUT2D eigenvalue weighted by Gasteiger charge is 2.20. The first-order valence-electron chi connectivity index (χ1n) is 8.93. The molecule has 0 aromatic heterocycles. The summed E-state index contributed by atoms with van der Waals surface area (Å²) in [7, 11) is 1.34. The van der Waals surface area contributed by atoms with Gasteiger partial charge in [0.2, 0.25) is 0 Å². The first-order valence-corrected chi connectivity index (χ1v) is 8.93. The third kappa shape index (κ3) is 6.18. The fourth-order valence-corrected chi connectivity index (χ4v) is 2.86. The summed E-state index contributed by atoms with van der Waals surface area (Å²) in [6, 6.07) is 13.4. The van der Waals surface area contributed by atoms with Crippen molar-refractivity contribution in [3.8, 4) is 0 Å². The van der Waals surface area contributed by atoms with Crippen molar-refractivity contribution >= 4 is 11.9 Å². The van der Waals surface area contributed by atoms with Crippen LogP contribution >= 0.6 is 0 Å². The zero-order valence-corrected chi connectivity index (χ0v) is 15.9. The lowest BCUT2D eigenvalue weighted by Gasteiger charge is -2.19. The van der Waals surface area contributed by atoms with E-state index in [1.807, 2.05) is 5.32 Å². The quantitative estimate of drug-likeness (QED) is 0.697. The number of quaternary nitrogens is 1. The van der Waals surface area contributed by atoms with E-state index in [1.54, 1.807) is 36.4 Å². The number of hydrogen-bond donors (Lipinski definition) is 2. The second-order valence-electron chi connectivity index (χ2n) is 6.73. The molecule has 0 fully saturated rings.